The lowest BCUT2D eigenvalue weighted by Gasteiger charge is -2.59. The average molecular weight is 635 g/mol. The van der Waals surface area contributed by atoms with E-state index in [2.05, 4.69) is 67.2 Å². The third-order valence-electron chi connectivity index (χ3n) is 13.2. The minimum Gasteiger partial charge on any atom is -0.393 e. The summed E-state index contributed by atoms with van der Waals surface area (Å²) < 4.78 is 0. The Balaban J connectivity index is 1.11. The summed E-state index contributed by atoms with van der Waals surface area (Å²) in [5.41, 5.74) is 1.04. The van der Waals surface area contributed by atoms with Crippen molar-refractivity contribution in [2.24, 2.45) is 34.5 Å². The van der Waals surface area contributed by atoms with Crippen LogP contribution in [0.1, 0.15) is 86.5 Å². The third kappa shape index (κ3) is 5.78. The highest BCUT2D eigenvalue weighted by Crippen LogP contribution is 2.66. The van der Waals surface area contributed by atoms with Crippen LogP contribution in [0.15, 0.2) is 17.7 Å². The summed E-state index contributed by atoms with van der Waals surface area (Å²) in [7, 11) is 0. The number of allylic oxidation sites excluding steroid dienone is 1. The molecule has 0 bridgehead atoms. The van der Waals surface area contributed by atoms with Crippen molar-refractivity contribution < 1.29 is 14.7 Å². The fourth-order valence-corrected chi connectivity index (χ4v) is 10.6. The summed E-state index contributed by atoms with van der Waals surface area (Å²) in [6.07, 6.45) is 7.67. The number of aliphatic hydroxyl groups is 1. The van der Waals surface area contributed by atoms with Crippen molar-refractivity contribution in [2.75, 3.05) is 73.6 Å². The van der Waals surface area contributed by atoms with Crippen molar-refractivity contribution in [3.8, 4) is 0 Å². The van der Waals surface area contributed by atoms with Gasteiger partial charge in [0, 0.05) is 70.8 Å². The van der Waals surface area contributed by atoms with E-state index in [9.17, 15) is 14.7 Å². The molecule has 4 aliphatic carbocycles. The molecule has 1 unspecified atom stereocenters. The number of carbonyl (C=O) groups is 2. The highest BCUT2D eigenvalue weighted by molar-refractivity contribution is 5.91. The van der Waals surface area contributed by atoms with E-state index in [0.717, 1.165) is 102 Å². The molecule has 1 aromatic heterocycles. The lowest BCUT2D eigenvalue weighted by atomic mass is 9.46. The second kappa shape index (κ2) is 13.2. The van der Waals surface area contributed by atoms with E-state index in [1.807, 2.05) is 6.08 Å². The van der Waals surface area contributed by atoms with Gasteiger partial charge >= 0.3 is 0 Å². The van der Waals surface area contributed by atoms with Crippen LogP contribution in [-0.4, -0.2) is 96.5 Å². The van der Waals surface area contributed by atoms with Gasteiger partial charge in [-0.3, -0.25) is 14.5 Å². The number of aliphatic hydroxyl groups excluding tert-OH is 1. The lowest BCUT2D eigenvalue weighted by Crippen LogP contribution is -2.57. The molecule has 1 saturated heterocycles. The number of anilines is 3. The molecule has 1 aliphatic heterocycles. The molecule has 1 aromatic rings. The molecule has 2 heterocycles. The Morgan fingerprint density at radius 3 is 2.33 bits per heavy atom. The van der Waals surface area contributed by atoms with E-state index >= 15 is 0 Å². The van der Waals surface area contributed by atoms with Crippen LogP contribution < -0.4 is 14.7 Å². The first-order valence-corrected chi connectivity index (χ1v) is 18.4. The van der Waals surface area contributed by atoms with Gasteiger partial charge in [-0.1, -0.05) is 19.4 Å². The van der Waals surface area contributed by atoms with Gasteiger partial charge in [0.2, 0.25) is 5.95 Å². The molecule has 0 spiro atoms. The SMILES string of the molecule is CCN(CC)c1cc(N2CCN(CC(=O)[C@H]3CC[C@H]4[C@@H]5CCC6=CC(=O)CC[C@]6(C)[C@H]5C(O)C[C@]34C)CC2)nc(N(CC)CC)n1. The maximum absolute atomic E-state index is 14.1. The summed E-state index contributed by atoms with van der Waals surface area (Å²) in [6.45, 7) is 20.6. The fourth-order valence-electron chi connectivity index (χ4n) is 10.6. The molecule has 46 heavy (non-hydrogen) atoms. The molecule has 3 saturated carbocycles. The predicted octanol–water partition coefficient (Wildman–Crippen LogP) is 4.98. The van der Waals surface area contributed by atoms with E-state index in [1.54, 1.807) is 0 Å². The Bertz CT molecular complexity index is 1290. The first-order valence-electron chi connectivity index (χ1n) is 18.4. The molecule has 0 amide bonds. The second-order valence-corrected chi connectivity index (χ2v) is 15.3. The zero-order chi connectivity index (χ0) is 32.8. The molecule has 1 N–H and O–H groups in total. The summed E-state index contributed by atoms with van der Waals surface area (Å²) in [5.74, 6) is 4.48. The van der Waals surface area contributed by atoms with Gasteiger partial charge in [0.15, 0.2) is 5.78 Å². The van der Waals surface area contributed by atoms with E-state index in [-0.39, 0.29) is 28.4 Å². The Hall–Kier alpha value is -2.52. The number of carbonyl (C=O) groups excluding carboxylic acids is 2. The maximum atomic E-state index is 14.1. The standard InChI is InChI=1S/C37H58N6O3/c1-7-41(8-2)32-22-33(39-35(38-32)42(9-3)10-4)43-19-17-40(18-20-43)24-31(46)29-14-13-28-27-12-11-25-21-26(44)15-16-36(25,5)34(27)30(45)23-37(28,29)6/h21-22,27-30,34,45H,7-20,23-24H2,1-6H3/t27-,28-,29+,30?,34+,36-,37-/m0/s1. The first kappa shape index (κ1) is 33.4. The van der Waals surface area contributed by atoms with Crippen LogP contribution >= 0.6 is 0 Å². The summed E-state index contributed by atoms with van der Waals surface area (Å²) in [6, 6.07) is 2.14. The van der Waals surface area contributed by atoms with Crippen molar-refractivity contribution in [1.29, 1.82) is 0 Å². The number of fused-ring (bicyclic) bond motifs is 5. The van der Waals surface area contributed by atoms with Gasteiger partial charge in [0.1, 0.15) is 17.4 Å². The van der Waals surface area contributed by atoms with E-state index in [1.165, 1.54) is 5.57 Å². The Morgan fingerprint density at radius 2 is 1.65 bits per heavy atom. The monoisotopic (exact) mass is 634 g/mol. The number of aromatic nitrogens is 2. The van der Waals surface area contributed by atoms with Crippen molar-refractivity contribution in [3.05, 3.63) is 17.7 Å². The van der Waals surface area contributed by atoms with Gasteiger partial charge in [0.25, 0.3) is 0 Å². The molecule has 9 nitrogen and oxygen atoms in total. The maximum Gasteiger partial charge on any atom is 0.229 e. The zero-order valence-corrected chi connectivity index (χ0v) is 29.3. The first-order chi connectivity index (χ1) is 22.1. The van der Waals surface area contributed by atoms with E-state index in [4.69, 9.17) is 9.97 Å². The van der Waals surface area contributed by atoms with Gasteiger partial charge in [-0.2, -0.15) is 9.97 Å². The van der Waals surface area contributed by atoms with Gasteiger partial charge in [-0.15, -0.1) is 0 Å². The highest BCUT2D eigenvalue weighted by atomic mass is 16.3. The molecule has 5 aliphatic rings. The van der Waals surface area contributed by atoms with Crippen LogP contribution in [0.4, 0.5) is 17.6 Å². The minimum atomic E-state index is -0.416. The number of nitrogens with zero attached hydrogens (tertiary/aromatic N) is 6. The normalized spacial score (nSPS) is 34.4. The average Bonchev–Trinajstić information content (AvgIpc) is 3.39. The Morgan fingerprint density at radius 1 is 0.957 bits per heavy atom. The molecule has 4 fully saturated rings. The number of Topliss-reactive ketones (excluding diaryl/α,β-unsaturated/α-hetero) is 1. The summed E-state index contributed by atoms with van der Waals surface area (Å²) >= 11 is 0. The Labute approximate surface area is 276 Å². The van der Waals surface area contributed by atoms with Crippen molar-refractivity contribution in [3.63, 3.8) is 0 Å². The molecule has 254 valence electrons. The molecular formula is C37H58N6O3. The van der Waals surface area contributed by atoms with Crippen LogP contribution in [0.2, 0.25) is 0 Å². The summed E-state index contributed by atoms with van der Waals surface area (Å²) in [5, 5.41) is 11.8. The second-order valence-electron chi connectivity index (χ2n) is 15.3. The van der Waals surface area contributed by atoms with Gasteiger partial charge < -0.3 is 19.8 Å². The number of hydrogen-bond donors (Lipinski definition) is 1. The molecule has 0 aromatic carbocycles. The van der Waals surface area contributed by atoms with Gasteiger partial charge in [-0.05, 0) is 101 Å². The van der Waals surface area contributed by atoms with E-state index < -0.39 is 6.10 Å². The molecule has 9 heteroatoms. The van der Waals surface area contributed by atoms with Crippen LogP contribution in [-0.2, 0) is 9.59 Å². The van der Waals surface area contributed by atoms with Crippen molar-refractivity contribution >= 4 is 29.2 Å². The van der Waals surface area contributed by atoms with Crippen LogP contribution in [0.5, 0.6) is 0 Å². The van der Waals surface area contributed by atoms with Crippen LogP contribution in [0, 0.1) is 34.5 Å². The fraction of sp³-hybridized carbons (Fsp3) is 0.784. The number of ketones is 2. The molecule has 7 atom stereocenters. The predicted molar refractivity (Wildman–Crippen MR) is 184 cm³/mol. The number of rotatable bonds is 10. The third-order valence-corrected chi connectivity index (χ3v) is 13.2. The van der Waals surface area contributed by atoms with Gasteiger partial charge in [0.05, 0.1) is 12.6 Å². The zero-order valence-electron chi connectivity index (χ0n) is 29.3. The van der Waals surface area contributed by atoms with Crippen molar-refractivity contribution in [2.45, 2.75) is 92.6 Å². The van der Waals surface area contributed by atoms with Crippen molar-refractivity contribution in [1.82, 2.24) is 14.9 Å². The van der Waals surface area contributed by atoms with Crippen LogP contribution in [0.3, 0.4) is 0 Å². The Kier molecular flexibility index (Phi) is 9.56. The lowest BCUT2D eigenvalue weighted by molar-refractivity contribution is -0.145. The largest absolute Gasteiger partial charge is 0.393 e. The quantitative estimate of drug-likeness (QED) is 0.383. The summed E-state index contributed by atoms with van der Waals surface area (Å²) in [4.78, 5) is 45.5. The smallest absolute Gasteiger partial charge is 0.229 e. The number of hydrogen-bond acceptors (Lipinski definition) is 9. The minimum absolute atomic E-state index is 0.0129. The number of piperazine rings is 1. The highest BCUT2D eigenvalue weighted by Gasteiger charge is 2.62. The van der Waals surface area contributed by atoms with Gasteiger partial charge in [-0.25, -0.2) is 0 Å². The topological polar surface area (TPSA) is 93.1 Å². The van der Waals surface area contributed by atoms with E-state index in [0.29, 0.717) is 37.0 Å². The molecule has 6 rings (SSSR count). The molecular weight excluding hydrogens is 576 g/mol. The molecule has 0 radical (unpaired) electrons. The van der Waals surface area contributed by atoms with Crippen LogP contribution in [0.25, 0.3) is 0 Å².